The maximum atomic E-state index is 10.8. The van der Waals surface area contributed by atoms with Crippen LogP contribution in [0.4, 0.5) is 11.4 Å². The molecule has 2 rings (SSSR count). The van der Waals surface area contributed by atoms with Crippen molar-refractivity contribution in [1.29, 1.82) is 0 Å². The van der Waals surface area contributed by atoms with E-state index in [4.69, 9.17) is 11.6 Å². The van der Waals surface area contributed by atoms with Gasteiger partial charge in [0, 0.05) is 17.6 Å². The van der Waals surface area contributed by atoms with Crippen LogP contribution in [0.5, 0.6) is 0 Å². The molecule has 0 atom stereocenters. The molecule has 1 saturated carbocycles. The SMILES string of the molecule is O=[N+]([O-])c1ccc(Cl)cc1NCCCC1CC1. The first kappa shape index (κ1) is 12.2. The third kappa shape index (κ3) is 3.60. The third-order valence-electron chi connectivity index (χ3n) is 2.96. The molecule has 17 heavy (non-hydrogen) atoms. The average molecular weight is 255 g/mol. The molecule has 0 aliphatic heterocycles. The van der Waals surface area contributed by atoms with E-state index in [0.29, 0.717) is 10.7 Å². The highest BCUT2D eigenvalue weighted by Gasteiger charge is 2.20. The van der Waals surface area contributed by atoms with Gasteiger partial charge in [0.05, 0.1) is 4.92 Å². The Hall–Kier alpha value is -1.29. The molecule has 0 aromatic heterocycles. The number of halogens is 1. The van der Waals surface area contributed by atoms with Crippen molar-refractivity contribution in [2.75, 3.05) is 11.9 Å². The first-order chi connectivity index (χ1) is 8.16. The van der Waals surface area contributed by atoms with Crippen LogP contribution in [0.1, 0.15) is 25.7 Å². The summed E-state index contributed by atoms with van der Waals surface area (Å²) in [7, 11) is 0. The number of rotatable bonds is 6. The number of hydrogen-bond acceptors (Lipinski definition) is 3. The van der Waals surface area contributed by atoms with Crippen molar-refractivity contribution in [2.45, 2.75) is 25.7 Å². The predicted octanol–water partition coefficient (Wildman–Crippen LogP) is 3.85. The molecule has 1 aromatic rings. The highest BCUT2D eigenvalue weighted by Crippen LogP contribution is 2.33. The second-order valence-electron chi connectivity index (χ2n) is 4.43. The summed E-state index contributed by atoms with van der Waals surface area (Å²) >= 11 is 5.83. The normalized spacial score (nSPS) is 14.6. The molecule has 0 heterocycles. The molecule has 4 nitrogen and oxygen atoms in total. The summed E-state index contributed by atoms with van der Waals surface area (Å²) in [5, 5.41) is 14.4. The van der Waals surface area contributed by atoms with Crippen LogP contribution in [-0.2, 0) is 0 Å². The third-order valence-corrected chi connectivity index (χ3v) is 3.19. The van der Waals surface area contributed by atoms with Crippen molar-refractivity contribution in [1.82, 2.24) is 0 Å². The van der Waals surface area contributed by atoms with Crippen LogP contribution >= 0.6 is 11.6 Å². The number of nitro groups is 1. The van der Waals surface area contributed by atoms with Gasteiger partial charge in [-0.15, -0.1) is 0 Å². The molecule has 0 amide bonds. The minimum atomic E-state index is -0.389. The van der Waals surface area contributed by atoms with Gasteiger partial charge in [-0.05, 0) is 30.9 Å². The summed E-state index contributed by atoms with van der Waals surface area (Å²) in [6.07, 6.45) is 4.95. The van der Waals surface area contributed by atoms with Crippen LogP contribution in [0.3, 0.4) is 0 Å². The summed E-state index contributed by atoms with van der Waals surface area (Å²) in [5.41, 5.74) is 0.596. The lowest BCUT2D eigenvalue weighted by Crippen LogP contribution is -2.04. The van der Waals surface area contributed by atoms with Gasteiger partial charge in [-0.25, -0.2) is 0 Å². The Morgan fingerprint density at radius 3 is 2.88 bits per heavy atom. The molecule has 0 saturated heterocycles. The van der Waals surface area contributed by atoms with E-state index in [1.165, 1.54) is 31.4 Å². The minimum absolute atomic E-state index is 0.0841. The van der Waals surface area contributed by atoms with Gasteiger partial charge >= 0.3 is 0 Å². The summed E-state index contributed by atoms with van der Waals surface area (Å²) in [6, 6.07) is 4.58. The second kappa shape index (κ2) is 5.36. The number of anilines is 1. The summed E-state index contributed by atoms with van der Waals surface area (Å²) in [6.45, 7) is 0.762. The zero-order chi connectivity index (χ0) is 12.3. The quantitative estimate of drug-likeness (QED) is 0.477. The Morgan fingerprint density at radius 2 is 2.24 bits per heavy atom. The first-order valence-corrected chi connectivity index (χ1v) is 6.22. The largest absolute Gasteiger partial charge is 0.379 e. The van der Waals surface area contributed by atoms with Crippen LogP contribution in [-0.4, -0.2) is 11.5 Å². The van der Waals surface area contributed by atoms with Crippen LogP contribution in [0, 0.1) is 16.0 Å². The lowest BCUT2D eigenvalue weighted by molar-refractivity contribution is -0.384. The molecule has 1 N–H and O–H groups in total. The van der Waals surface area contributed by atoms with Crippen molar-refractivity contribution >= 4 is 23.0 Å². The van der Waals surface area contributed by atoms with E-state index in [0.717, 1.165) is 18.9 Å². The maximum Gasteiger partial charge on any atom is 0.292 e. The summed E-state index contributed by atoms with van der Waals surface area (Å²) in [5.74, 6) is 0.895. The van der Waals surface area contributed by atoms with Crippen molar-refractivity contribution < 1.29 is 4.92 Å². The molecule has 0 unspecified atom stereocenters. The number of benzene rings is 1. The Morgan fingerprint density at radius 1 is 1.47 bits per heavy atom. The van der Waals surface area contributed by atoms with E-state index in [2.05, 4.69) is 5.32 Å². The maximum absolute atomic E-state index is 10.8. The van der Waals surface area contributed by atoms with Crippen LogP contribution in [0.2, 0.25) is 5.02 Å². The Kier molecular flexibility index (Phi) is 3.84. The van der Waals surface area contributed by atoms with Crippen LogP contribution in [0.25, 0.3) is 0 Å². The molecule has 0 radical (unpaired) electrons. The van der Waals surface area contributed by atoms with Gasteiger partial charge in [0.1, 0.15) is 5.69 Å². The fourth-order valence-electron chi connectivity index (χ4n) is 1.83. The molecule has 1 aromatic carbocycles. The lowest BCUT2D eigenvalue weighted by Gasteiger charge is -2.07. The van der Waals surface area contributed by atoms with Crippen LogP contribution < -0.4 is 5.32 Å². The van der Waals surface area contributed by atoms with Gasteiger partial charge in [-0.1, -0.05) is 24.4 Å². The summed E-state index contributed by atoms with van der Waals surface area (Å²) < 4.78 is 0. The molecular weight excluding hydrogens is 240 g/mol. The average Bonchev–Trinajstić information content (AvgIpc) is 3.08. The molecule has 5 heteroatoms. The van der Waals surface area contributed by atoms with E-state index in [1.807, 2.05) is 0 Å². The number of nitro benzene ring substituents is 1. The fourth-order valence-corrected chi connectivity index (χ4v) is 2.00. The second-order valence-corrected chi connectivity index (χ2v) is 4.87. The molecular formula is C12H15ClN2O2. The van der Waals surface area contributed by atoms with E-state index >= 15 is 0 Å². The zero-order valence-electron chi connectivity index (χ0n) is 9.49. The van der Waals surface area contributed by atoms with E-state index in [9.17, 15) is 10.1 Å². The Bertz CT molecular complexity index is 419. The van der Waals surface area contributed by atoms with E-state index < -0.39 is 0 Å². The zero-order valence-corrected chi connectivity index (χ0v) is 10.2. The smallest absolute Gasteiger partial charge is 0.292 e. The Balaban J connectivity index is 1.92. The molecule has 1 fully saturated rings. The highest BCUT2D eigenvalue weighted by atomic mass is 35.5. The number of nitrogens with one attached hydrogen (secondary N) is 1. The number of nitrogens with zero attached hydrogens (tertiary/aromatic N) is 1. The van der Waals surface area contributed by atoms with Crippen molar-refractivity contribution in [2.24, 2.45) is 5.92 Å². The van der Waals surface area contributed by atoms with Crippen molar-refractivity contribution in [3.63, 3.8) is 0 Å². The van der Waals surface area contributed by atoms with Gasteiger partial charge in [-0.3, -0.25) is 10.1 Å². The summed E-state index contributed by atoms with van der Waals surface area (Å²) in [4.78, 5) is 10.4. The van der Waals surface area contributed by atoms with E-state index in [-0.39, 0.29) is 10.6 Å². The van der Waals surface area contributed by atoms with Gasteiger partial charge < -0.3 is 5.32 Å². The monoisotopic (exact) mass is 254 g/mol. The molecule has 0 bridgehead atoms. The Labute approximate surface area is 105 Å². The molecule has 1 aliphatic rings. The molecule has 92 valence electrons. The van der Waals surface area contributed by atoms with Gasteiger partial charge in [0.25, 0.3) is 5.69 Å². The topological polar surface area (TPSA) is 55.2 Å². The lowest BCUT2D eigenvalue weighted by atomic mass is 10.2. The van der Waals surface area contributed by atoms with Gasteiger partial charge in [0.2, 0.25) is 0 Å². The van der Waals surface area contributed by atoms with Crippen molar-refractivity contribution in [3.05, 3.63) is 33.3 Å². The molecule has 1 aliphatic carbocycles. The van der Waals surface area contributed by atoms with Crippen molar-refractivity contribution in [3.8, 4) is 0 Å². The fraction of sp³-hybridized carbons (Fsp3) is 0.500. The van der Waals surface area contributed by atoms with Crippen LogP contribution in [0.15, 0.2) is 18.2 Å². The minimum Gasteiger partial charge on any atom is -0.379 e. The van der Waals surface area contributed by atoms with Gasteiger partial charge in [-0.2, -0.15) is 0 Å². The first-order valence-electron chi connectivity index (χ1n) is 5.84. The highest BCUT2D eigenvalue weighted by molar-refractivity contribution is 6.31. The molecule has 0 spiro atoms. The standard InChI is InChI=1S/C12H15ClN2O2/c13-10-5-6-12(15(16)17)11(8-10)14-7-1-2-9-3-4-9/h5-6,8-9,14H,1-4,7H2. The number of hydrogen-bond donors (Lipinski definition) is 1. The van der Waals surface area contributed by atoms with Gasteiger partial charge in [0.15, 0.2) is 0 Å². The predicted molar refractivity (Wildman–Crippen MR) is 68.6 cm³/mol. The van der Waals surface area contributed by atoms with E-state index in [1.54, 1.807) is 6.07 Å².